The quantitative estimate of drug-likeness (QED) is 0.647. The van der Waals surface area contributed by atoms with Crippen molar-refractivity contribution in [1.82, 2.24) is 0 Å². The fourth-order valence-electron chi connectivity index (χ4n) is 1.95. The molecule has 2 aromatic rings. The van der Waals surface area contributed by atoms with Crippen molar-refractivity contribution in [2.24, 2.45) is 5.73 Å². The number of benzene rings is 2. The van der Waals surface area contributed by atoms with Crippen LogP contribution in [0.5, 0.6) is 5.75 Å². The van der Waals surface area contributed by atoms with E-state index < -0.39 is 0 Å². The molecule has 0 heterocycles. The first kappa shape index (κ1) is 13.1. The summed E-state index contributed by atoms with van der Waals surface area (Å²) in [6, 6.07) is 12.4. The van der Waals surface area contributed by atoms with Crippen molar-refractivity contribution < 1.29 is 9.53 Å². The van der Waals surface area contributed by atoms with E-state index >= 15 is 0 Å². The number of hydrogen-bond acceptors (Lipinski definition) is 4. The van der Waals surface area contributed by atoms with Crippen molar-refractivity contribution in [3.63, 3.8) is 0 Å². The van der Waals surface area contributed by atoms with E-state index in [9.17, 15) is 4.79 Å². The number of ether oxygens (including phenoxy) is 1. The van der Waals surface area contributed by atoms with Gasteiger partial charge in [0.25, 0.3) is 0 Å². The molecule has 0 saturated carbocycles. The molecule has 2 rings (SSSR count). The highest BCUT2D eigenvalue weighted by molar-refractivity contribution is 6.10. The Balaban J connectivity index is 2.52. The first-order valence-corrected chi connectivity index (χ1v) is 5.93. The molecule has 0 aliphatic carbocycles. The van der Waals surface area contributed by atoms with Gasteiger partial charge in [0.15, 0.2) is 5.78 Å². The molecule has 0 radical (unpaired) electrons. The van der Waals surface area contributed by atoms with Crippen molar-refractivity contribution >= 4 is 11.5 Å². The van der Waals surface area contributed by atoms with Gasteiger partial charge >= 0.3 is 0 Å². The van der Waals surface area contributed by atoms with Gasteiger partial charge in [0, 0.05) is 17.7 Å². The Hall–Kier alpha value is -2.33. The molecule has 0 fully saturated rings. The summed E-state index contributed by atoms with van der Waals surface area (Å²) >= 11 is 0. The van der Waals surface area contributed by atoms with Crippen LogP contribution in [0.15, 0.2) is 42.5 Å². The largest absolute Gasteiger partial charge is 0.495 e. The van der Waals surface area contributed by atoms with Gasteiger partial charge in [-0.25, -0.2) is 0 Å². The van der Waals surface area contributed by atoms with Crippen LogP contribution in [0.3, 0.4) is 0 Å². The molecular weight excluding hydrogens is 240 g/mol. The molecular formula is C15H16N2O2. The minimum atomic E-state index is -0.0839. The zero-order valence-electron chi connectivity index (χ0n) is 10.7. The molecule has 19 heavy (non-hydrogen) atoms. The summed E-state index contributed by atoms with van der Waals surface area (Å²) in [6.45, 7) is 0.252. The minimum absolute atomic E-state index is 0.0839. The van der Waals surface area contributed by atoms with Crippen molar-refractivity contribution in [1.29, 1.82) is 0 Å². The fraction of sp³-hybridized carbons (Fsp3) is 0.133. The number of rotatable bonds is 4. The monoisotopic (exact) mass is 256 g/mol. The van der Waals surface area contributed by atoms with Crippen LogP contribution in [0.4, 0.5) is 5.69 Å². The Morgan fingerprint density at radius 2 is 1.89 bits per heavy atom. The Morgan fingerprint density at radius 1 is 1.21 bits per heavy atom. The van der Waals surface area contributed by atoms with Gasteiger partial charge in [-0.1, -0.05) is 30.3 Å². The number of ketones is 1. The topological polar surface area (TPSA) is 78.3 Å². The smallest absolute Gasteiger partial charge is 0.193 e. The van der Waals surface area contributed by atoms with Crippen LogP contribution in [-0.2, 0) is 6.54 Å². The summed E-state index contributed by atoms with van der Waals surface area (Å²) in [7, 11) is 1.52. The normalized spacial score (nSPS) is 10.2. The van der Waals surface area contributed by atoms with Gasteiger partial charge in [0.2, 0.25) is 0 Å². The molecule has 0 atom stereocenters. The number of nitrogens with two attached hydrogens (primary N) is 2. The van der Waals surface area contributed by atoms with E-state index in [1.165, 1.54) is 7.11 Å². The van der Waals surface area contributed by atoms with E-state index in [-0.39, 0.29) is 12.3 Å². The van der Waals surface area contributed by atoms with Crippen LogP contribution in [-0.4, -0.2) is 12.9 Å². The maximum absolute atomic E-state index is 12.5. The third-order valence-corrected chi connectivity index (χ3v) is 2.96. The highest BCUT2D eigenvalue weighted by Crippen LogP contribution is 2.27. The van der Waals surface area contributed by atoms with Crippen LogP contribution < -0.4 is 16.2 Å². The van der Waals surface area contributed by atoms with Gasteiger partial charge in [0.1, 0.15) is 5.75 Å². The highest BCUT2D eigenvalue weighted by Gasteiger charge is 2.15. The van der Waals surface area contributed by atoms with E-state index in [1.807, 2.05) is 18.2 Å². The van der Waals surface area contributed by atoms with Gasteiger partial charge < -0.3 is 16.2 Å². The number of nitrogen functional groups attached to an aromatic ring is 1. The van der Waals surface area contributed by atoms with Gasteiger partial charge in [-0.2, -0.15) is 0 Å². The van der Waals surface area contributed by atoms with E-state index in [1.54, 1.807) is 24.3 Å². The van der Waals surface area contributed by atoms with E-state index in [2.05, 4.69) is 0 Å². The molecule has 0 spiro atoms. The predicted octanol–water partition coefficient (Wildman–Crippen LogP) is 1.97. The Bertz CT molecular complexity index is 595. The number of methoxy groups -OCH3 is 1. The van der Waals surface area contributed by atoms with Gasteiger partial charge in [0.05, 0.1) is 12.8 Å². The zero-order chi connectivity index (χ0) is 13.8. The number of carbonyl (C=O) groups excluding carboxylic acids is 1. The first-order chi connectivity index (χ1) is 9.17. The first-order valence-electron chi connectivity index (χ1n) is 5.93. The van der Waals surface area contributed by atoms with Crippen molar-refractivity contribution in [3.05, 3.63) is 59.2 Å². The second-order valence-electron chi connectivity index (χ2n) is 4.15. The summed E-state index contributed by atoms with van der Waals surface area (Å²) in [5.74, 6) is 0.399. The lowest BCUT2D eigenvalue weighted by molar-refractivity contribution is 0.103. The second kappa shape index (κ2) is 5.54. The van der Waals surface area contributed by atoms with Gasteiger partial charge in [-0.15, -0.1) is 0 Å². The van der Waals surface area contributed by atoms with Gasteiger partial charge in [-0.05, 0) is 17.7 Å². The van der Waals surface area contributed by atoms with Crippen LogP contribution >= 0.6 is 0 Å². The fourth-order valence-corrected chi connectivity index (χ4v) is 1.95. The van der Waals surface area contributed by atoms with E-state index in [4.69, 9.17) is 16.2 Å². The third kappa shape index (κ3) is 2.58. The molecule has 2 aromatic carbocycles. The summed E-state index contributed by atoms with van der Waals surface area (Å²) in [5.41, 5.74) is 13.8. The lowest BCUT2D eigenvalue weighted by Gasteiger charge is -2.12. The molecule has 4 nitrogen and oxygen atoms in total. The molecule has 0 aliphatic heterocycles. The molecule has 0 bridgehead atoms. The zero-order valence-corrected chi connectivity index (χ0v) is 10.7. The lowest BCUT2D eigenvalue weighted by atomic mass is 9.97. The molecule has 4 N–H and O–H groups in total. The molecule has 0 aromatic heterocycles. The van der Waals surface area contributed by atoms with Gasteiger partial charge in [-0.3, -0.25) is 4.79 Å². The van der Waals surface area contributed by atoms with Crippen LogP contribution in [0, 0.1) is 0 Å². The van der Waals surface area contributed by atoms with Crippen LogP contribution in [0.25, 0.3) is 0 Å². The van der Waals surface area contributed by atoms with Crippen LogP contribution in [0.1, 0.15) is 21.5 Å². The van der Waals surface area contributed by atoms with Crippen molar-refractivity contribution in [2.45, 2.75) is 6.54 Å². The summed E-state index contributed by atoms with van der Waals surface area (Å²) in [6.07, 6.45) is 0. The third-order valence-electron chi connectivity index (χ3n) is 2.96. The molecule has 0 saturated heterocycles. The Kier molecular flexibility index (Phi) is 3.82. The summed E-state index contributed by atoms with van der Waals surface area (Å²) in [5, 5.41) is 0. The lowest BCUT2D eigenvalue weighted by Crippen LogP contribution is -2.10. The van der Waals surface area contributed by atoms with E-state index in [0.717, 1.165) is 0 Å². The number of anilines is 1. The predicted molar refractivity (Wildman–Crippen MR) is 75.2 cm³/mol. The molecule has 0 amide bonds. The van der Waals surface area contributed by atoms with Crippen LogP contribution in [0.2, 0.25) is 0 Å². The molecule has 98 valence electrons. The SMILES string of the molecule is COc1cc(C(=O)c2ccccc2)c(CN)cc1N. The maximum Gasteiger partial charge on any atom is 0.193 e. The van der Waals surface area contributed by atoms with E-state index in [0.29, 0.717) is 28.1 Å². The summed E-state index contributed by atoms with van der Waals surface area (Å²) in [4.78, 5) is 12.5. The number of hydrogen-bond donors (Lipinski definition) is 2. The molecule has 0 unspecified atom stereocenters. The average Bonchev–Trinajstić information content (AvgIpc) is 2.47. The minimum Gasteiger partial charge on any atom is -0.495 e. The van der Waals surface area contributed by atoms with Crippen molar-refractivity contribution in [3.8, 4) is 5.75 Å². The highest BCUT2D eigenvalue weighted by atomic mass is 16.5. The standard InChI is InChI=1S/C15H16N2O2/c1-19-14-8-12(11(9-16)7-13(14)17)15(18)10-5-3-2-4-6-10/h2-8H,9,16-17H2,1H3. The average molecular weight is 256 g/mol. The Morgan fingerprint density at radius 3 is 2.47 bits per heavy atom. The molecule has 4 heteroatoms. The summed E-state index contributed by atoms with van der Waals surface area (Å²) < 4.78 is 5.15. The maximum atomic E-state index is 12.5. The Labute approximate surface area is 112 Å². The molecule has 0 aliphatic rings. The number of carbonyl (C=O) groups is 1. The van der Waals surface area contributed by atoms with Crippen molar-refractivity contribution in [2.75, 3.05) is 12.8 Å². The second-order valence-corrected chi connectivity index (χ2v) is 4.15.